The Balaban J connectivity index is 1.97. The first-order chi connectivity index (χ1) is 4.93. The fourth-order valence-corrected chi connectivity index (χ4v) is 1.43. The minimum atomic E-state index is 0.716. The molecular weight excluding hydrogens is 124 g/mol. The van der Waals surface area contributed by atoms with Crippen molar-refractivity contribution in [1.82, 2.24) is 5.32 Å². The lowest BCUT2D eigenvalue weighted by Gasteiger charge is -2.06. The Kier molecular flexibility index (Phi) is 3.25. The van der Waals surface area contributed by atoms with Gasteiger partial charge < -0.3 is 5.32 Å². The Morgan fingerprint density at radius 2 is 2.50 bits per heavy atom. The Morgan fingerprint density at radius 1 is 1.60 bits per heavy atom. The Bertz CT molecular complexity index is 120. The molecule has 0 amide bonds. The minimum absolute atomic E-state index is 0.716. The molecular formula is C8H14N2. The lowest BCUT2D eigenvalue weighted by Crippen LogP contribution is -2.20. The van der Waals surface area contributed by atoms with Crippen LogP contribution in [0, 0.1) is 11.3 Å². The molecule has 1 saturated heterocycles. The van der Waals surface area contributed by atoms with Crippen molar-refractivity contribution in [3.63, 3.8) is 0 Å². The van der Waals surface area contributed by atoms with Gasteiger partial charge >= 0.3 is 0 Å². The summed E-state index contributed by atoms with van der Waals surface area (Å²) in [5, 5.41) is 11.7. The van der Waals surface area contributed by atoms with Crippen molar-refractivity contribution in [3.8, 4) is 6.07 Å². The topological polar surface area (TPSA) is 35.8 Å². The molecule has 56 valence electrons. The largest absolute Gasteiger partial charge is 0.314 e. The van der Waals surface area contributed by atoms with Crippen LogP contribution in [0.3, 0.4) is 0 Å². The van der Waals surface area contributed by atoms with Crippen LogP contribution in [-0.4, -0.2) is 12.6 Å². The number of rotatable bonds is 3. The van der Waals surface area contributed by atoms with E-state index in [-0.39, 0.29) is 0 Å². The molecule has 1 rings (SSSR count). The third-order valence-electron chi connectivity index (χ3n) is 2.00. The maximum Gasteiger partial charge on any atom is 0.0621 e. The SMILES string of the molecule is N#CCCCC1CCCN1. The van der Waals surface area contributed by atoms with E-state index in [1.807, 2.05) is 0 Å². The average Bonchev–Trinajstić information content (AvgIpc) is 2.41. The van der Waals surface area contributed by atoms with E-state index in [4.69, 9.17) is 5.26 Å². The van der Waals surface area contributed by atoms with Crippen LogP contribution in [0.5, 0.6) is 0 Å². The second-order valence-corrected chi connectivity index (χ2v) is 2.84. The quantitative estimate of drug-likeness (QED) is 0.599. The molecule has 0 aromatic carbocycles. The van der Waals surface area contributed by atoms with Gasteiger partial charge in [0.05, 0.1) is 6.07 Å². The zero-order chi connectivity index (χ0) is 7.23. The zero-order valence-electron chi connectivity index (χ0n) is 6.27. The van der Waals surface area contributed by atoms with Gasteiger partial charge in [-0.25, -0.2) is 0 Å². The molecule has 0 saturated carbocycles. The third kappa shape index (κ3) is 2.36. The van der Waals surface area contributed by atoms with Crippen LogP contribution in [0.1, 0.15) is 32.1 Å². The van der Waals surface area contributed by atoms with Gasteiger partial charge in [-0.05, 0) is 32.2 Å². The summed E-state index contributed by atoms with van der Waals surface area (Å²) in [6, 6.07) is 2.88. The molecule has 1 aliphatic heterocycles. The van der Waals surface area contributed by atoms with Gasteiger partial charge in [-0.1, -0.05) is 0 Å². The van der Waals surface area contributed by atoms with E-state index in [0.29, 0.717) is 6.04 Å². The Morgan fingerprint density at radius 3 is 3.10 bits per heavy atom. The maximum atomic E-state index is 8.27. The molecule has 0 radical (unpaired) electrons. The van der Waals surface area contributed by atoms with Crippen LogP contribution in [0.15, 0.2) is 0 Å². The van der Waals surface area contributed by atoms with Crippen molar-refractivity contribution in [3.05, 3.63) is 0 Å². The van der Waals surface area contributed by atoms with Crippen molar-refractivity contribution < 1.29 is 0 Å². The average molecular weight is 138 g/mol. The van der Waals surface area contributed by atoms with Crippen LogP contribution in [0.2, 0.25) is 0 Å². The normalized spacial score (nSPS) is 24.5. The first-order valence-corrected chi connectivity index (χ1v) is 4.04. The van der Waals surface area contributed by atoms with Crippen LogP contribution in [0.25, 0.3) is 0 Å². The van der Waals surface area contributed by atoms with Gasteiger partial charge in [0, 0.05) is 12.5 Å². The van der Waals surface area contributed by atoms with Gasteiger partial charge in [0.15, 0.2) is 0 Å². The Labute approximate surface area is 62.2 Å². The minimum Gasteiger partial charge on any atom is -0.314 e. The summed E-state index contributed by atoms with van der Waals surface area (Å²) in [6.07, 6.45) is 5.60. The van der Waals surface area contributed by atoms with E-state index in [1.54, 1.807) is 0 Å². The molecule has 1 unspecified atom stereocenters. The second-order valence-electron chi connectivity index (χ2n) is 2.84. The first-order valence-electron chi connectivity index (χ1n) is 4.04. The lowest BCUT2D eigenvalue weighted by molar-refractivity contribution is 0.540. The number of unbranched alkanes of at least 4 members (excludes halogenated alkanes) is 1. The predicted octanol–water partition coefficient (Wildman–Crippen LogP) is 1.43. The van der Waals surface area contributed by atoms with Gasteiger partial charge in [-0.3, -0.25) is 0 Å². The van der Waals surface area contributed by atoms with Crippen molar-refractivity contribution in [2.45, 2.75) is 38.1 Å². The number of nitrogens with zero attached hydrogens (tertiary/aromatic N) is 1. The van der Waals surface area contributed by atoms with Crippen molar-refractivity contribution in [1.29, 1.82) is 5.26 Å². The summed E-state index contributed by atoms with van der Waals surface area (Å²) in [5.74, 6) is 0. The zero-order valence-corrected chi connectivity index (χ0v) is 6.27. The molecule has 1 fully saturated rings. The summed E-state index contributed by atoms with van der Waals surface area (Å²) in [4.78, 5) is 0. The van der Waals surface area contributed by atoms with Crippen molar-refractivity contribution >= 4 is 0 Å². The van der Waals surface area contributed by atoms with Gasteiger partial charge in [-0.2, -0.15) is 5.26 Å². The molecule has 0 aromatic rings. The molecule has 10 heavy (non-hydrogen) atoms. The van der Waals surface area contributed by atoms with E-state index in [9.17, 15) is 0 Å². The molecule has 0 spiro atoms. The highest BCUT2D eigenvalue weighted by atomic mass is 14.9. The summed E-state index contributed by atoms with van der Waals surface area (Å²) >= 11 is 0. The van der Waals surface area contributed by atoms with Crippen LogP contribution < -0.4 is 5.32 Å². The summed E-state index contributed by atoms with van der Waals surface area (Å²) in [5.41, 5.74) is 0. The molecule has 1 heterocycles. The molecule has 0 aliphatic carbocycles. The fraction of sp³-hybridized carbons (Fsp3) is 0.875. The highest BCUT2D eigenvalue weighted by Crippen LogP contribution is 2.11. The maximum absolute atomic E-state index is 8.27. The molecule has 1 N–H and O–H groups in total. The lowest BCUT2D eigenvalue weighted by atomic mass is 10.1. The number of hydrogen-bond donors (Lipinski definition) is 1. The van der Waals surface area contributed by atoms with E-state index in [0.717, 1.165) is 12.8 Å². The van der Waals surface area contributed by atoms with E-state index < -0.39 is 0 Å². The van der Waals surface area contributed by atoms with Crippen LogP contribution in [0.4, 0.5) is 0 Å². The first kappa shape index (κ1) is 7.56. The fourth-order valence-electron chi connectivity index (χ4n) is 1.43. The molecule has 2 nitrogen and oxygen atoms in total. The highest BCUT2D eigenvalue weighted by Gasteiger charge is 2.12. The van der Waals surface area contributed by atoms with Crippen molar-refractivity contribution in [2.24, 2.45) is 0 Å². The van der Waals surface area contributed by atoms with Crippen molar-refractivity contribution in [2.75, 3.05) is 6.54 Å². The number of hydrogen-bond acceptors (Lipinski definition) is 2. The highest BCUT2D eigenvalue weighted by molar-refractivity contribution is 4.76. The van der Waals surface area contributed by atoms with E-state index >= 15 is 0 Å². The summed E-state index contributed by atoms with van der Waals surface area (Å²) in [7, 11) is 0. The monoisotopic (exact) mass is 138 g/mol. The smallest absolute Gasteiger partial charge is 0.0621 e. The van der Waals surface area contributed by atoms with Gasteiger partial charge in [0.1, 0.15) is 0 Å². The summed E-state index contributed by atoms with van der Waals surface area (Å²) < 4.78 is 0. The number of nitriles is 1. The standard InChI is InChI=1S/C8H14N2/c9-6-2-1-4-8-5-3-7-10-8/h8,10H,1-5,7H2. The summed E-state index contributed by atoms with van der Waals surface area (Å²) in [6.45, 7) is 1.18. The molecule has 1 atom stereocenters. The molecule has 2 heteroatoms. The van der Waals surface area contributed by atoms with Crippen LogP contribution in [-0.2, 0) is 0 Å². The number of nitrogens with one attached hydrogen (secondary N) is 1. The molecule has 1 aliphatic rings. The van der Waals surface area contributed by atoms with E-state index in [2.05, 4.69) is 11.4 Å². The van der Waals surface area contributed by atoms with Gasteiger partial charge in [0.25, 0.3) is 0 Å². The third-order valence-corrected chi connectivity index (χ3v) is 2.00. The predicted molar refractivity (Wildman–Crippen MR) is 40.5 cm³/mol. The Hall–Kier alpha value is -0.550. The van der Waals surface area contributed by atoms with E-state index in [1.165, 1.54) is 25.8 Å². The van der Waals surface area contributed by atoms with Gasteiger partial charge in [0.2, 0.25) is 0 Å². The second kappa shape index (κ2) is 4.29. The molecule has 0 aromatic heterocycles. The van der Waals surface area contributed by atoms with Gasteiger partial charge in [-0.15, -0.1) is 0 Å². The van der Waals surface area contributed by atoms with Crippen LogP contribution >= 0.6 is 0 Å². The molecule has 0 bridgehead atoms.